The van der Waals surface area contributed by atoms with Crippen molar-refractivity contribution in [1.29, 1.82) is 0 Å². The molecule has 2 aromatic carbocycles. The van der Waals surface area contributed by atoms with E-state index in [-0.39, 0.29) is 5.91 Å². The van der Waals surface area contributed by atoms with E-state index >= 15 is 0 Å². The maximum atomic E-state index is 12.4. The highest BCUT2D eigenvalue weighted by atomic mass is 35.5. The average molecular weight is 606 g/mol. The van der Waals surface area contributed by atoms with E-state index in [2.05, 4.69) is 39.9 Å². The van der Waals surface area contributed by atoms with Crippen LogP contribution in [0.5, 0.6) is 5.88 Å². The van der Waals surface area contributed by atoms with Crippen molar-refractivity contribution in [2.45, 2.75) is 39.3 Å². The van der Waals surface area contributed by atoms with Crippen LogP contribution in [-0.2, 0) is 11.5 Å². The van der Waals surface area contributed by atoms with Gasteiger partial charge in [0.15, 0.2) is 5.65 Å². The minimum absolute atomic E-state index is 0.134. The number of H-pyrrole nitrogens is 1. The molecular weight excluding hydrogens is 570 g/mol. The molecule has 0 atom stereocenters. The molecule has 0 aliphatic rings. The van der Waals surface area contributed by atoms with Gasteiger partial charge in [0.05, 0.1) is 34.2 Å². The smallest absolute Gasteiger partial charge is 0.253 e. The normalized spacial score (nSPS) is 11.8. The van der Waals surface area contributed by atoms with Crippen molar-refractivity contribution in [1.82, 2.24) is 29.4 Å². The number of nitrogens with one attached hydrogen (secondary N) is 2. The second-order valence-electron chi connectivity index (χ2n) is 11.7. The largest absolute Gasteiger partial charge is 0.480 e. The molecule has 220 valence electrons. The Morgan fingerprint density at radius 1 is 1.12 bits per heavy atom. The van der Waals surface area contributed by atoms with Gasteiger partial charge in [-0.2, -0.15) is 9.97 Å². The van der Waals surface area contributed by atoms with Crippen LogP contribution in [-0.4, -0.2) is 71.2 Å². The Hall–Kier alpha value is -3.93. The Kier molecular flexibility index (Phi) is 8.27. The maximum Gasteiger partial charge on any atom is 0.253 e. The molecule has 0 saturated heterocycles. The number of carbonyl (C=O) groups excluding carboxylic acids is 1. The molecule has 0 aliphatic heterocycles. The SMILES string of the molecule is COc1nc(Nc2ccc(C(=O)N(C)C)cc2Cl)nc2c1c(-c1ccc3[nH]c(C)nc3c1)cn2COCC[Si](C)(C)C. The molecule has 0 unspecified atom stereocenters. The van der Waals surface area contributed by atoms with Crippen molar-refractivity contribution in [2.24, 2.45) is 0 Å². The van der Waals surface area contributed by atoms with Gasteiger partial charge in [0.25, 0.3) is 5.91 Å². The van der Waals surface area contributed by atoms with Crippen molar-refractivity contribution >= 4 is 59.3 Å². The van der Waals surface area contributed by atoms with Crippen molar-refractivity contribution in [3.05, 3.63) is 59.0 Å². The first-order valence-electron chi connectivity index (χ1n) is 13.7. The molecule has 0 aliphatic carbocycles. The molecule has 2 N–H and O–H groups in total. The Morgan fingerprint density at radius 3 is 2.60 bits per heavy atom. The Labute approximate surface area is 251 Å². The van der Waals surface area contributed by atoms with Crippen molar-refractivity contribution in [3.8, 4) is 17.0 Å². The zero-order valence-electron chi connectivity index (χ0n) is 25.0. The predicted octanol–water partition coefficient (Wildman–Crippen LogP) is 6.70. The third kappa shape index (κ3) is 6.28. The predicted molar refractivity (Wildman–Crippen MR) is 171 cm³/mol. The Morgan fingerprint density at radius 2 is 1.90 bits per heavy atom. The first-order valence-corrected chi connectivity index (χ1v) is 17.8. The molecule has 5 rings (SSSR count). The van der Waals surface area contributed by atoms with Gasteiger partial charge in [-0.3, -0.25) is 4.79 Å². The fourth-order valence-electron chi connectivity index (χ4n) is 4.65. The third-order valence-corrected chi connectivity index (χ3v) is 8.90. The number of hydrogen-bond donors (Lipinski definition) is 2. The molecule has 1 amide bonds. The Balaban J connectivity index is 1.56. The van der Waals surface area contributed by atoms with Gasteiger partial charge >= 0.3 is 0 Å². The zero-order valence-corrected chi connectivity index (χ0v) is 26.8. The number of anilines is 2. The van der Waals surface area contributed by atoms with Crippen LogP contribution >= 0.6 is 11.6 Å². The number of nitrogens with zero attached hydrogens (tertiary/aromatic N) is 5. The Bertz CT molecular complexity index is 1770. The molecule has 0 spiro atoms. The highest BCUT2D eigenvalue weighted by Gasteiger charge is 2.21. The summed E-state index contributed by atoms with van der Waals surface area (Å²) in [6.45, 7) is 9.93. The van der Waals surface area contributed by atoms with Gasteiger partial charge in [-0.25, -0.2) is 4.98 Å². The molecule has 0 fully saturated rings. The van der Waals surface area contributed by atoms with E-state index < -0.39 is 8.07 Å². The molecule has 0 radical (unpaired) electrons. The molecule has 0 bridgehead atoms. The van der Waals surface area contributed by atoms with Crippen LogP contribution in [0.15, 0.2) is 42.6 Å². The lowest BCUT2D eigenvalue weighted by atomic mass is 10.1. The molecule has 10 nitrogen and oxygen atoms in total. The molecule has 5 aromatic rings. The molecule has 12 heteroatoms. The van der Waals surface area contributed by atoms with E-state index in [9.17, 15) is 4.79 Å². The summed E-state index contributed by atoms with van der Waals surface area (Å²) in [4.78, 5) is 31.3. The van der Waals surface area contributed by atoms with Crippen LogP contribution in [0.3, 0.4) is 0 Å². The molecule has 3 aromatic heterocycles. The van der Waals surface area contributed by atoms with Crippen LogP contribution in [0.1, 0.15) is 16.2 Å². The number of carbonyl (C=O) groups is 1. The summed E-state index contributed by atoms with van der Waals surface area (Å²) >= 11 is 6.56. The lowest BCUT2D eigenvalue weighted by molar-refractivity contribution is 0.0827. The standard InChI is InChI=1S/C30H36ClN7O3Si/c1-18-32-24-11-8-19(15-25(24)33-18)21-16-38(17-41-12-13-42(5,6)7)27-26(21)28(40-4)36-30(35-27)34-23-10-9-20(14-22(23)31)29(39)37(2)3/h8-11,14-16H,12-13,17H2,1-7H3,(H,32,33)(H,34,35,36). The summed E-state index contributed by atoms with van der Waals surface area (Å²) in [5.74, 6) is 1.44. The first-order chi connectivity index (χ1) is 19.9. The van der Waals surface area contributed by atoms with Crippen LogP contribution in [0.2, 0.25) is 30.7 Å². The average Bonchev–Trinajstić information content (AvgIpc) is 3.49. The number of fused-ring (bicyclic) bond motifs is 2. The maximum absolute atomic E-state index is 12.4. The number of ether oxygens (including phenoxy) is 2. The number of amides is 1. The van der Waals surface area contributed by atoms with Crippen LogP contribution in [0, 0.1) is 6.92 Å². The quantitative estimate of drug-likeness (QED) is 0.135. The second-order valence-corrected chi connectivity index (χ2v) is 17.7. The number of methoxy groups -OCH3 is 1. The van der Waals surface area contributed by atoms with Gasteiger partial charge in [0, 0.05) is 46.1 Å². The van der Waals surface area contributed by atoms with Crippen LogP contribution < -0.4 is 10.1 Å². The van der Waals surface area contributed by atoms with Crippen molar-refractivity contribution in [3.63, 3.8) is 0 Å². The number of halogens is 1. The van der Waals surface area contributed by atoms with E-state index in [1.807, 2.05) is 35.9 Å². The highest BCUT2D eigenvalue weighted by molar-refractivity contribution is 6.76. The topological polar surface area (TPSA) is 110 Å². The van der Waals surface area contributed by atoms with E-state index in [0.717, 1.165) is 39.4 Å². The van der Waals surface area contributed by atoms with Gasteiger partial charge in [-0.05, 0) is 48.9 Å². The van der Waals surface area contributed by atoms with E-state index in [1.165, 1.54) is 4.90 Å². The van der Waals surface area contributed by atoms with Crippen molar-refractivity contribution in [2.75, 3.05) is 33.1 Å². The highest BCUT2D eigenvalue weighted by Crippen LogP contribution is 2.38. The molecule has 0 saturated carbocycles. The van der Waals surface area contributed by atoms with E-state index in [1.54, 1.807) is 39.4 Å². The number of aromatic amines is 1. The zero-order chi connectivity index (χ0) is 30.2. The first kappa shape index (κ1) is 29.6. The molecule has 42 heavy (non-hydrogen) atoms. The van der Waals surface area contributed by atoms with Crippen LogP contribution in [0.4, 0.5) is 11.6 Å². The van der Waals surface area contributed by atoms with E-state index in [0.29, 0.717) is 47.1 Å². The van der Waals surface area contributed by atoms with Crippen molar-refractivity contribution < 1.29 is 14.3 Å². The van der Waals surface area contributed by atoms with Gasteiger partial charge < -0.3 is 29.2 Å². The summed E-state index contributed by atoms with van der Waals surface area (Å²) in [6.07, 6.45) is 2.02. The number of rotatable bonds is 10. The number of aromatic nitrogens is 5. The number of imidazole rings is 1. The summed E-state index contributed by atoms with van der Waals surface area (Å²) < 4.78 is 13.9. The van der Waals surface area contributed by atoms with Gasteiger partial charge in [-0.1, -0.05) is 37.3 Å². The second kappa shape index (κ2) is 11.7. The van der Waals surface area contributed by atoms with Gasteiger partial charge in [-0.15, -0.1) is 0 Å². The fourth-order valence-corrected chi connectivity index (χ4v) is 5.63. The van der Waals surface area contributed by atoms with Gasteiger partial charge in [0.1, 0.15) is 12.6 Å². The molecule has 3 heterocycles. The minimum Gasteiger partial charge on any atom is -0.480 e. The monoisotopic (exact) mass is 605 g/mol. The lowest BCUT2D eigenvalue weighted by Gasteiger charge is -2.16. The number of benzene rings is 2. The van der Waals surface area contributed by atoms with Gasteiger partial charge in [0.2, 0.25) is 11.8 Å². The van der Waals surface area contributed by atoms with E-state index in [4.69, 9.17) is 26.1 Å². The fraction of sp³-hybridized carbons (Fsp3) is 0.333. The third-order valence-electron chi connectivity index (χ3n) is 6.88. The molecular formula is C30H36ClN7O3Si. The number of aryl methyl sites for hydroxylation is 1. The number of hydrogen-bond acceptors (Lipinski definition) is 7. The lowest BCUT2D eigenvalue weighted by Crippen LogP contribution is -2.22. The minimum atomic E-state index is -1.25. The summed E-state index contributed by atoms with van der Waals surface area (Å²) in [5, 5.41) is 4.34. The summed E-state index contributed by atoms with van der Waals surface area (Å²) in [5.41, 5.74) is 5.43. The van der Waals surface area contributed by atoms with Crippen LogP contribution in [0.25, 0.3) is 33.2 Å². The summed E-state index contributed by atoms with van der Waals surface area (Å²) in [6, 6.07) is 12.3. The summed E-state index contributed by atoms with van der Waals surface area (Å²) in [7, 11) is 3.74.